The first kappa shape index (κ1) is 14.1. The molecule has 0 amide bonds. The molecule has 4 rings (SSSR count). The quantitative estimate of drug-likeness (QED) is 0.744. The van der Waals surface area contributed by atoms with Gasteiger partial charge in [0.25, 0.3) is 0 Å². The number of nitrogens with one attached hydrogen (secondary N) is 1. The molecule has 5 heteroatoms. The van der Waals surface area contributed by atoms with Gasteiger partial charge in [-0.2, -0.15) is 0 Å². The summed E-state index contributed by atoms with van der Waals surface area (Å²) in [5.41, 5.74) is 5.64. The fourth-order valence-corrected chi connectivity index (χ4v) is 3.20. The molecule has 0 spiro atoms. The molecule has 1 aromatic heterocycles. The maximum absolute atomic E-state index is 5.40. The Morgan fingerprint density at radius 1 is 1.00 bits per heavy atom. The molecule has 2 heterocycles. The SMILES string of the molecule is Cc1ccc(-c2csc(Nc3ccc4c(c3)OCO4)n2)cc1C. The minimum Gasteiger partial charge on any atom is -0.454 e. The molecule has 1 aliphatic rings. The molecule has 0 saturated carbocycles. The van der Waals surface area contributed by atoms with Crippen LogP contribution in [0.3, 0.4) is 0 Å². The van der Waals surface area contributed by atoms with Gasteiger partial charge in [0.05, 0.1) is 5.69 Å². The van der Waals surface area contributed by atoms with Gasteiger partial charge in [0, 0.05) is 22.7 Å². The number of anilines is 2. The van der Waals surface area contributed by atoms with Gasteiger partial charge in [0.2, 0.25) is 6.79 Å². The van der Waals surface area contributed by atoms with Crippen LogP contribution >= 0.6 is 11.3 Å². The van der Waals surface area contributed by atoms with Crippen LogP contribution in [0.25, 0.3) is 11.3 Å². The van der Waals surface area contributed by atoms with Crippen LogP contribution in [-0.4, -0.2) is 11.8 Å². The topological polar surface area (TPSA) is 43.4 Å². The summed E-state index contributed by atoms with van der Waals surface area (Å²) in [4.78, 5) is 4.68. The lowest BCUT2D eigenvalue weighted by atomic mass is 10.1. The molecule has 116 valence electrons. The number of aromatic nitrogens is 1. The van der Waals surface area contributed by atoms with Crippen LogP contribution in [0.1, 0.15) is 11.1 Å². The van der Waals surface area contributed by atoms with Crippen molar-refractivity contribution < 1.29 is 9.47 Å². The predicted octanol–water partition coefficient (Wildman–Crippen LogP) is 4.90. The zero-order chi connectivity index (χ0) is 15.8. The summed E-state index contributed by atoms with van der Waals surface area (Å²) in [6, 6.07) is 12.2. The van der Waals surface area contributed by atoms with E-state index in [-0.39, 0.29) is 6.79 Å². The first-order valence-electron chi connectivity index (χ1n) is 7.39. The number of rotatable bonds is 3. The highest BCUT2D eigenvalue weighted by Crippen LogP contribution is 2.36. The first-order valence-corrected chi connectivity index (χ1v) is 8.27. The number of benzene rings is 2. The first-order chi connectivity index (χ1) is 11.2. The van der Waals surface area contributed by atoms with E-state index in [4.69, 9.17) is 9.47 Å². The molecule has 0 fully saturated rings. The summed E-state index contributed by atoms with van der Waals surface area (Å²) in [5, 5.41) is 6.25. The molecule has 0 bridgehead atoms. The summed E-state index contributed by atoms with van der Waals surface area (Å²) < 4.78 is 10.7. The van der Waals surface area contributed by atoms with Crippen molar-refractivity contribution >= 4 is 22.2 Å². The lowest BCUT2D eigenvalue weighted by Gasteiger charge is -2.04. The van der Waals surface area contributed by atoms with Crippen LogP contribution in [0, 0.1) is 13.8 Å². The maximum atomic E-state index is 5.40. The molecule has 3 aromatic rings. The van der Waals surface area contributed by atoms with E-state index in [9.17, 15) is 0 Å². The average molecular weight is 324 g/mol. The minimum atomic E-state index is 0.285. The van der Waals surface area contributed by atoms with Crippen molar-refractivity contribution in [3.63, 3.8) is 0 Å². The zero-order valence-corrected chi connectivity index (χ0v) is 13.7. The molecular formula is C18H16N2O2S. The number of aryl methyl sites for hydroxylation is 2. The van der Waals surface area contributed by atoms with E-state index in [0.29, 0.717) is 0 Å². The summed E-state index contributed by atoms with van der Waals surface area (Å²) in [7, 11) is 0. The second-order valence-electron chi connectivity index (χ2n) is 5.53. The van der Waals surface area contributed by atoms with E-state index >= 15 is 0 Å². The van der Waals surface area contributed by atoms with Crippen LogP contribution < -0.4 is 14.8 Å². The zero-order valence-electron chi connectivity index (χ0n) is 12.9. The van der Waals surface area contributed by atoms with Crippen molar-refractivity contribution in [3.8, 4) is 22.8 Å². The van der Waals surface area contributed by atoms with Gasteiger partial charge in [0.1, 0.15) is 0 Å². The van der Waals surface area contributed by atoms with Gasteiger partial charge in [-0.05, 0) is 43.2 Å². The largest absolute Gasteiger partial charge is 0.454 e. The standard InChI is InChI=1S/C18H16N2O2S/c1-11-3-4-13(7-12(11)2)15-9-23-18(20-15)19-14-5-6-16-17(8-14)22-10-21-16/h3-9H,10H2,1-2H3,(H,19,20). The second kappa shape index (κ2) is 5.59. The Morgan fingerprint density at radius 2 is 1.87 bits per heavy atom. The minimum absolute atomic E-state index is 0.285. The van der Waals surface area contributed by atoms with E-state index in [0.717, 1.165) is 33.6 Å². The van der Waals surface area contributed by atoms with Gasteiger partial charge >= 0.3 is 0 Å². The summed E-state index contributed by atoms with van der Waals surface area (Å²) >= 11 is 1.59. The highest BCUT2D eigenvalue weighted by atomic mass is 32.1. The van der Waals surface area contributed by atoms with Gasteiger partial charge < -0.3 is 14.8 Å². The Hall–Kier alpha value is -2.53. The molecule has 0 aliphatic carbocycles. The Kier molecular flexibility index (Phi) is 3.42. The molecule has 23 heavy (non-hydrogen) atoms. The molecule has 2 aromatic carbocycles. The molecule has 0 unspecified atom stereocenters. The number of nitrogens with zero attached hydrogens (tertiary/aromatic N) is 1. The highest BCUT2D eigenvalue weighted by molar-refractivity contribution is 7.14. The number of hydrogen-bond acceptors (Lipinski definition) is 5. The Labute approximate surface area is 138 Å². The highest BCUT2D eigenvalue weighted by Gasteiger charge is 2.14. The van der Waals surface area contributed by atoms with Gasteiger partial charge in [-0.3, -0.25) is 0 Å². The fourth-order valence-electron chi connectivity index (χ4n) is 2.46. The van der Waals surface area contributed by atoms with Gasteiger partial charge in [-0.25, -0.2) is 4.98 Å². The van der Waals surface area contributed by atoms with Gasteiger partial charge in [-0.1, -0.05) is 12.1 Å². The van der Waals surface area contributed by atoms with Crippen molar-refractivity contribution in [2.75, 3.05) is 12.1 Å². The number of thiazole rings is 1. The molecule has 0 radical (unpaired) electrons. The smallest absolute Gasteiger partial charge is 0.231 e. The molecule has 0 atom stereocenters. The molecular weight excluding hydrogens is 308 g/mol. The summed E-state index contributed by atoms with van der Waals surface area (Å²) in [5.74, 6) is 1.55. The Morgan fingerprint density at radius 3 is 2.74 bits per heavy atom. The monoisotopic (exact) mass is 324 g/mol. The van der Waals surface area contributed by atoms with Crippen molar-refractivity contribution in [2.45, 2.75) is 13.8 Å². The third-order valence-corrected chi connectivity index (χ3v) is 4.69. The lowest BCUT2D eigenvalue weighted by Crippen LogP contribution is -1.93. The lowest BCUT2D eigenvalue weighted by molar-refractivity contribution is 0.174. The second-order valence-corrected chi connectivity index (χ2v) is 6.39. The van der Waals surface area contributed by atoms with Crippen molar-refractivity contribution in [2.24, 2.45) is 0 Å². The Balaban J connectivity index is 1.57. The van der Waals surface area contributed by atoms with Crippen molar-refractivity contribution in [1.29, 1.82) is 0 Å². The van der Waals surface area contributed by atoms with Crippen LogP contribution in [0.15, 0.2) is 41.8 Å². The Bertz CT molecular complexity index is 873. The van der Waals surface area contributed by atoms with Crippen molar-refractivity contribution in [3.05, 3.63) is 52.9 Å². The van der Waals surface area contributed by atoms with E-state index in [1.54, 1.807) is 11.3 Å². The normalized spacial score (nSPS) is 12.4. The number of ether oxygens (including phenoxy) is 2. The van der Waals surface area contributed by atoms with E-state index in [2.05, 4.69) is 47.7 Å². The average Bonchev–Trinajstić information content (AvgIpc) is 3.19. The fraction of sp³-hybridized carbons (Fsp3) is 0.167. The molecule has 0 saturated heterocycles. The number of hydrogen-bond donors (Lipinski definition) is 1. The van der Waals surface area contributed by atoms with Gasteiger partial charge in [-0.15, -0.1) is 11.3 Å². The third kappa shape index (κ3) is 2.75. The summed E-state index contributed by atoms with van der Waals surface area (Å²) in [6.45, 7) is 4.52. The van der Waals surface area contributed by atoms with E-state index in [1.807, 2.05) is 18.2 Å². The number of fused-ring (bicyclic) bond motifs is 1. The molecule has 1 N–H and O–H groups in total. The van der Waals surface area contributed by atoms with Crippen LogP contribution in [0.5, 0.6) is 11.5 Å². The molecule has 1 aliphatic heterocycles. The van der Waals surface area contributed by atoms with Gasteiger partial charge in [0.15, 0.2) is 16.6 Å². The molecule has 4 nitrogen and oxygen atoms in total. The summed E-state index contributed by atoms with van der Waals surface area (Å²) in [6.07, 6.45) is 0. The predicted molar refractivity (Wildman–Crippen MR) is 92.9 cm³/mol. The van der Waals surface area contributed by atoms with E-state index < -0.39 is 0 Å². The van der Waals surface area contributed by atoms with Crippen molar-refractivity contribution in [1.82, 2.24) is 4.98 Å². The van der Waals surface area contributed by atoms with Crippen LogP contribution in [-0.2, 0) is 0 Å². The van der Waals surface area contributed by atoms with E-state index in [1.165, 1.54) is 11.1 Å². The van der Waals surface area contributed by atoms with Crippen LogP contribution in [0.2, 0.25) is 0 Å². The maximum Gasteiger partial charge on any atom is 0.231 e. The third-order valence-electron chi connectivity index (χ3n) is 3.93. The van der Waals surface area contributed by atoms with Crippen LogP contribution in [0.4, 0.5) is 10.8 Å².